The van der Waals surface area contributed by atoms with Gasteiger partial charge in [-0.2, -0.15) is 0 Å². The van der Waals surface area contributed by atoms with Gasteiger partial charge in [0.2, 0.25) is 0 Å². The van der Waals surface area contributed by atoms with E-state index in [1.54, 1.807) is 33.8 Å². The van der Waals surface area contributed by atoms with Crippen molar-refractivity contribution >= 4 is 6.09 Å². The molecule has 0 saturated carbocycles. The molecule has 0 fully saturated rings. The maximum absolute atomic E-state index is 14.0. The minimum Gasteiger partial charge on any atom is -0.496 e. The summed E-state index contributed by atoms with van der Waals surface area (Å²) in [6, 6.07) is 2.75. The van der Waals surface area contributed by atoms with Gasteiger partial charge >= 0.3 is 6.09 Å². The number of nitrogens with one attached hydrogen (secondary N) is 1. The number of nitrogens with two attached hydrogens (primary N) is 1. The molecular formula is C16H25FN2O3. The molecule has 5 nitrogen and oxygen atoms in total. The Morgan fingerprint density at radius 2 is 2.05 bits per heavy atom. The molecule has 0 aromatic heterocycles. The number of benzene rings is 1. The summed E-state index contributed by atoms with van der Waals surface area (Å²) < 4.78 is 24.3. The molecule has 1 unspecified atom stereocenters. The molecule has 1 rings (SSSR count). The van der Waals surface area contributed by atoms with Crippen molar-refractivity contribution in [2.75, 3.05) is 13.7 Å². The quantitative estimate of drug-likeness (QED) is 0.876. The lowest BCUT2D eigenvalue weighted by atomic mass is 10.0. The number of alkyl carbamates (subject to hydrolysis) is 1. The zero-order valence-corrected chi connectivity index (χ0v) is 13.8. The zero-order chi connectivity index (χ0) is 16.9. The molecule has 0 bridgehead atoms. The Hall–Kier alpha value is -1.82. The molecule has 124 valence electrons. The standard InChI is InChI=1S/C16H25FN2O3/c1-10-6-13(17)12(14(7-10)21-5)8-11(18)9-19-15(20)22-16(2,3)4/h6-7,11H,8-9,18H2,1-5H3,(H,19,20). The predicted molar refractivity (Wildman–Crippen MR) is 83.6 cm³/mol. The first-order valence-electron chi connectivity index (χ1n) is 7.18. The van der Waals surface area contributed by atoms with Gasteiger partial charge in [-0.15, -0.1) is 0 Å². The molecule has 0 radical (unpaired) electrons. The van der Waals surface area contributed by atoms with Gasteiger partial charge < -0.3 is 20.5 Å². The average Bonchev–Trinajstić information content (AvgIpc) is 2.37. The van der Waals surface area contributed by atoms with Crippen LogP contribution in [0.2, 0.25) is 0 Å². The molecule has 0 aliphatic rings. The van der Waals surface area contributed by atoms with E-state index in [2.05, 4.69) is 5.32 Å². The first-order chi connectivity index (χ1) is 10.1. The summed E-state index contributed by atoms with van der Waals surface area (Å²) in [6.07, 6.45) is -0.287. The molecular weight excluding hydrogens is 287 g/mol. The Balaban J connectivity index is 2.63. The van der Waals surface area contributed by atoms with E-state index in [0.717, 1.165) is 5.56 Å². The highest BCUT2D eigenvalue weighted by atomic mass is 19.1. The smallest absolute Gasteiger partial charge is 0.407 e. The van der Waals surface area contributed by atoms with Crippen LogP contribution in [0.3, 0.4) is 0 Å². The van der Waals surface area contributed by atoms with Crippen LogP contribution in [0.15, 0.2) is 12.1 Å². The normalized spacial score (nSPS) is 12.7. The summed E-state index contributed by atoms with van der Waals surface area (Å²) in [5, 5.41) is 2.58. The fraction of sp³-hybridized carbons (Fsp3) is 0.562. The van der Waals surface area contributed by atoms with Crippen LogP contribution >= 0.6 is 0 Å². The van der Waals surface area contributed by atoms with Gasteiger partial charge in [0.1, 0.15) is 17.2 Å². The fourth-order valence-electron chi connectivity index (χ4n) is 1.98. The highest BCUT2D eigenvalue weighted by Gasteiger charge is 2.18. The number of carbonyl (C=O) groups excluding carboxylic acids is 1. The van der Waals surface area contributed by atoms with E-state index in [9.17, 15) is 9.18 Å². The van der Waals surface area contributed by atoms with E-state index >= 15 is 0 Å². The highest BCUT2D eigenvalue weighted by molar-refractivity contribution is 5.67. The summed E-state index contributed by atoms with van der Waals surface area (Å²) in [7, 11) is 1.49. The number of ether oxygens (including phenoxy) is 2. The molecule has 6 heteroatoms. The van der Waals surface area contributed by atoms with Gasteiger partial charge in [-0.3, -0.25) is 0 Å². The van der Waals surface area contributed by atoms with Crippen LogP contribution < -0.4 is 15.8 Å². The van der Waals surface area contributed by atoms with Crippen molar-refractivity contribution in [3.63, 3.8) is 0 Å². The summed E-state index contributed by atoms with van der Waals surface area (Å²) in [6.45, 7) is 7.31. The van der Waals surface area contributed by atoms with Crippen LogP contribution in [-0.4, -0.2) is 31.4 Å². The molecule has 3 N–H and O–H groups in total. The summed E-state index contributed by atoms with van der Waals surface area (Å²) in [5.41, 5.74) is 6.57. The Morgan fingerprint density at radius 3 is 2.59 bits per heavy atom. The monoisotopic (exact) mass is 312 g/mol. The Bertz CT molecular complexity index is 527. The minimum absolute atomic E-state index is 0.186. The lowest BCUT2D eigenvalue weighted by Gasteiger charge is -2.21. The van der Waals surface area contributed by atoms with Crippen LogP contribution in [-0.2, 0) is 11.2 Å². The minimum atomic E-state index is -0.569. The SMILES string of the molecule is COc1cc(C)cc(F)c1CC(N)CNC(=O)OC(C)(C)C. The van der Waals surface area contributed by atoms with Crippen LogP contribution in [0.4, 0.5) is 9.18 Å². The lowest BCUT2D eigenvalue weighted by Crippen LogP contribution is -2.41. The van der Waals surface area contributed by atoms with Crippen molar-refractivity contribution < 1.29 is 18.7 Å². The van der Waals surface area contributed by atoms with Crippen molar-refractivity contribution in [3.05, 3.63) is 29.1 Å². The number of carbonyl (C=O) groups is 1. The Kier molecular flexibility index (Phi) is 6.17. The van der Waals surface area contributed by atoms with Crippen LogP contribution in [0.1, 0.15) is 31.9 Å². The number of aryl methyl sites for hydroxylation is 1. The van der Waals surface area contributed by atoms with Gasteiger partial charge in [0.05, 0.1) is 7.11 Å². The largest absolute Gasteiger partial charge is 0.496 e. The van der Waals surface area contributed by atoms with Crippen molar-refractivity contribution in [3.8, 4) is 5.75 Å². The van der Waals surface area contributed by atoms with Gasteiger partial charge in [0.15, 0.2) is 0 Å². The number of rotatable bonds is 5. The first kappa shape index (κ1) is 18.2. The summed E-state index contributed by atoms with van der Waals surface area (Å²) in [4.78, 5) is 11.6. The second kappa shape index (κ2) is 7.45. The summed E-state index contributed by atoms with van der Waals surface area (Å²) >= 11 is 0. The first-order valence-corrected chi connectivity index (χ1v) is 7.18. The second-order valence-electron chi connectivity index (χ2n) is 6.27. The third-order valence-corrected chi connectivity index (χ3v) is 2.89. The Morgan fingerprint density at radius 1 is 1.41 bits per heavy atom. The van der Waals surface area contributed by atoms with Crippen molar-refractivity contribution in [1.29, 1.82) is 0 Å². The Labute approximate surface area is 131 Å². The van der Waals surface area contributed by atoms with Gasteiger partial charge in [-0.25, -0.2) is 9.18 Å². The van der Waals surface area contributed by atoms with Crippen molar-refractivity contribution in [2.24, 2.45) is 5.73 Å². The van der Waals surface area contributed by atoms with Crippen LogP contribution in [0.5, 0.6) is 5.75 Å². The molecule has 0 aliphatic heterocycles. The molecule has 1 aromatic rings. The number of hydrogen-bond donors (Lipinski definition) is 2. The topological polar surface area (TPSA) is 73.6 Å². The molecule has 1 aromatic carbocycles. The lowest BCUT2D eigenvalue weighted by molar-refractivity contribution is 0.0524. The van der Waals surface area contributed by atoms with E-state index < -0.39 is 17.7 Å². The van der Waals surface area contributed by atoms with Crippen LogP contribution in [0, 0.1) is 12.7 Å². The number of methoxy groups -OCH3 is 1. The van der Waals surface area contributed by atoms with Gasteiger partial charge in [-0.1, -0.05) is 0 Å². The molecule has 0 heterocycles. The molecule has 0 aliphatic carbocycles. The van der Waals surface area contributed by atoms with E-state index in [0.29, 0.717) is 11.3 Å². The van der Waals surface area contributed by atoms with Gasteiger partial charge in [-0.05, 0) is 51.8 Å². The van der Waals surface area contributed by atoms with E-state index in [4.69, 9.17) is 15.2 Å². The van der Waals surface area contributed by atoms with E-state index in [1.165, 1.54) is 13.2 Å². The third-order valence-electron chi connectivity index (χ3n) is 2.89. The highest BCUT2D eigenvalue weighted by Crippen LogP contribution is 2.24. The van der Waals surface area contributed by atoms with E-state index in [1.807, 2.05) is 0 Å². The predicted octanol–water partition coefficient (Wildman–Crippen LogP) is 2.54. The molecule has 0 saturated heterocycles. The molecule has 1 atom stereocenters. The van der Waals surface area contributed by atoms with Crippen LogP contribution in [0.25, 0.3) is 0 Å². The molecule has 0 spiro atoms. The maximum Gasteiger partial charge on any atom is 0.407 e. The zero-order valence-electron chi connectivity index (χ0n) is 13.8. The number of hydrogen-bond acceptors (Lipinski definition) is 4. The van der Waals surface area contributed by atoms with Gasteiger partial charge in [0, 0.05) is 18.2 Å². The maximum atomic E-state index is 14.0. The fourth-order valence-corrected chi connectivity index (χ4v) is 1.98. The molecule has 22 heavy (non-hydrogen) atoms. The van der Waals surface area contributed by atoms with Crippen molar-refractivity contribution in [1.82, 2.24) is 5.32 Å². The summed E-state index contributed by atoms with van der Waals surface area (Å²) in [5.74, 6) is 0.106. The number of halogens is 1. The second-order valence-corrected chi connectivity index (χ2v) is 6.27. The van der Waals surface area contributed by atoms with Crippen molar-refractivity contribution in [2.45, 2.75) is 45.8 Å². The third kappa shape index (κ3) is 5.89. The molecule has 1 amide bonds. The average molecular weight is 312 g/mol. The van der Waals surface area contributed by atoms with Gasteiger partial charge in [0.25, 0.3) is 0 Å². The van der Waals surface area contributed by atoms with E-state index in [-0.39, 0.29) is 18.8 Å². The number of amides is 1.